The lowest BCUT2D eigenvalue weighted by Crippen LogP contribution is -2.53. The number of likely N-dealkylation sites (N-methyl/N-ethyl adjacent to an activating group) is 1. The van der Waals surface area contributed by atoms with Crippen molar-refractivity contribution in [1.82, 2.24) is 15.1 Å². The first-order valence-corrected chi connectivity index (χ1v) is 9.07. The van der Waals surface area contributed by atoms with Crippen molar-refractivity contribution in [1.29, 1.82) is 0 Å². The lowest BCUT2D eigenvalue weighted by molar-refractivity contribution is 0.0864. The number of piperazine rings is 1. The second-order valence-corrected chi connectivity index (χ2v) is 7.70. The Morgan fingerprint density at radius 2 is 1.86 bits per heavy atom. The molecule has 0 aliphatic carbocycles. The largest absolute Gasteiger partial charge is 0.308 e. The average molecular weight is 310 g/mol. The maximum Gasteiger partial charge on any atom is 0.0389 e. The van der Waals surface area contributed by atoms with Gasteiger partial charge < -0.3 is 10.2 Å². The molecule has 2 rings (SSSR count). The standard InChI is InChI=1S/C17H31N3S/c1-13(2)16(20-9-7-19(5)8-10-20)12-18-15(4)17-14(3)6-11-21-17/h6,11,13,15-16,18H,7-10,12H2,1-5H3. The lowest BCUT2D eigenvalue weighted by Gasteiger charge is -2.40. The van der Waals surface area contributed by atoms with Crippen LogP contribution in [0.5, 0.6) is 0 Å². The Morgan fingerprint density at radius 3 is 2.38 bits per heavy atom. The third-order valence-electron chi connectivity index (χ3n) is 4.70. The van der Waals surface area contributed by atoms with Gasteiger partial charge in [0.15, 0.2) is 0 Å². The second-order valence-electron chi connectivity index (χ2n) is 6.75. The highest BCUT2D eigenvalue weighted by Gasteiger charge is 2.25. The summed E-state index contributed by atoms with van der Waals surface area (Å²) < 4.78 is 0. The highest BCUT2D eigenvalue weighted by molar-refractivity contribution is 7.10. The molecule has 3 nitrogen and oxygen atoms in total. The van der Waals surface area contributed by atoms with Gasteiger partial charge in [0.25, 0.3) is 0 Å². The summed E-state index contributed by atoms with van der Waals surface area (Å²) in [6.45, 7) is 15.1. The molecule has 0 saturated carbocycles. The summed E-state index contributed by atoms with van der Waals surface area (Å²) in [6, 6.07) is 3.32. The van der Waals surface area contributed by atoms with E-state index in [1.54, 1.807) is 0 Å². The third kappa shape index (κ3) is 4.52. The van der Waals surface area contributed by atoms with Gasteiger partial charge in [0, 0.05) is 49.7 Å². The van der Waals surface area contributed by atoms with Crippen LogP contribution < -0.4 is 5.32 Å². The SMILES string of the molecule is Cc1ccsc1C(C)NCC(C(C)C)N1CCN(C)CC1. The van der Waals surface area contributed by atoms with Gasteiger partial charge in [-0.2, -0.15) is 0 Å². The molecule has 120 valence electrons. The van der Waals surface area contributed by atoms with Crippen LogP contribution >= 0.6 is 11.3 Å². The minimum absolute atomic E-state index is 0.457. The first-order chi connectivity index (χ1) is 9.99. The monoisotopic (exact) mass is 309 g/mol. The zero-order chi connectivity index (χ0) is 15.4. The van der Waals surface area contributed by atoms with Crippen LogP contribution in [0.2, 0.25) is 0 Å². The second kappa shape index (κ2) is 7.73. The summed E-state index contributed by atoms with van der Waals surface area (Å²) in [4.78, 5) is 6.58. The Morgan fingerprint density at radius 1 is 1.19 bits per heavy atom. The molecule has 21 heavy (non-hydrogen) atoms. The van der Waals surface area contributed by atoms with Crippen LogP contribution in [0.1, 0.15) is 37.3 Å². The van der Waals surface area contributed by atoms with Gasteiger partial charge in [-0.15, -0.1) is 11.3 Å². The molecule has 1 N–H and O–H groups in total. The topological polar surface area (TPSA) is 18.5 Å². The van der Waals surface area contributed by atoms with E-state index in [1.807, 2.05) is 11.3 Å². The molecule has 1 fully saturated rings. The quantitative estimate of drug-likeness (QED) is 0.871. The van der Waals surface area contributed by atoms with E-state index in [0.717, 1.165) is 6.54 Å². The summed E-state index contributed by atoms with van der Waals surface area (Å²) in [5.74, 6) is 0.692. The maximum absolute atomic E-state index is 3.77. The first kappa shape index (κ1) is 16.9. The Kier molecular flexibility index (Phi) is 6.23. The fraction of sp³-hybridized carbons (Fsp3) is 0.765. The van der Waals surface area contributed by atoms with Gasteiger partial charge in [0.1, 0.15) is 0 Å². The number of nitrogens with zero attached hydrogens (tertiary/aromatic N) is 2. The normalized spacial score (nSPS) is 20.9. The predicted octanol–water partition coefficient (Wildman–Crippen LogP) is 2.98. The van der Waals surface area contributed by atoms with E-state index in [1.165, 1.54) is 36.6 Å². The zero-order valence-electron chi connectivity index (χ0n) is 14.2. The van der Waals surface area contributed by atoms with E-state index in [9.17, 15) is 0 Å². The van der Waals surface area contributed by atoms with Crippen molar-refractivity contribution in [2.75, 3.05) is 39.8 Å². The van der Waals surface area contributed by atoms with E-state index in [-0.39, 0.29) is 0 Å². The van der Waals surface area contributed by atoms with Gasteiger partial charge in [-0.3, -0.25) is 4.90 Å². The van der Waals surface area contributed by atoms with Gasteiger partial charge in [0.2, 0.25) is 0 Å². The fourth-order valence-corrected chi connectivity index (χ4v) is 4.12. The van der Waals surface area contributed by atoms with Crippen molar-refractivity contribution in [3.05, 3.63) is 21.9 Å². The van der Waals surface area contributed by atoms with Crippen molar-refractivity contribution < 1.29 is 0 Å². The summed E-state index contributed by atoms with van der Waals surface area (Å²) in [7, 11) is 2.22. The van der Waals surface area contributed by atoms with Gasteiger partial charge in [-0.25, -0.2) is 0 Å². The molecular formula is C17H31N3S. The van der Waals surface area contributed by atoms with Crippen molar-refractivity contribution in [2.24, 2.45) is 5.92 Å². The highest BCUT2D eigenvalue weighted by atomic mass is 32.1. The Balaban J connectivity index is 1.90. The molecule has 0 radical (unpaired) electrons. The Bertz CT molecular complexity index is 421. The van der Waals surface area contributed by atoms with E-state index in [4.69, 9.17) is 0 Å². The van der Waals surface area contributed by atoms with Crippen LogP contribution in [-0.2, 0) is 0 Å². The Hall–Kier alpha value is -0.420. The zero-order valence-corrected chi connectivity index (χ0v) is 15.0. The summed E-state index contributed by atoms with van der Waals surface area (Å²) >= 11 is 1.87. The number of hydrogen-bond donors (Lipinski definition) is 1. The van der Waals surface area contributed by atoms with Crippen molar-refractivity contribution >= 4 is 11.3 Å². The minimum Gasteiger partial charge on any atom is -0.308 e. The molecule has 1 saturated heterocycles. The van der Waals surface area contributed by atoms with Crippen molar-refractivity contribution in [3.8, 4) is 0 Å². The summed E-state index contributed by atoms with van der Waals surface area (Å²) in [5, 5.41) is 5.97. The molecule has 1 aliphatic rings. The molecule has 0 spiro atoms. The molecule has 0 aromatic carbocycles. The van der Waals surface area contributed by atoms with Crippen LogP contribution in [0, 0.1) is 12.8 Å². The van der Waals surface area contributed by atoms with E-state index in [2.05, 4.69) is 61.3 Å². The molecule has 2 atom stereocenters. The average Bonchev–Trinajstić information content (AvgIpc) is 2.86. The van der Waals surface area contributed by atoms with Crippen LogP contribution in [-0.4, -0.2) is 55.6 Å². The number of thiophene rings is 1. The molecule has 2 heterocycles. The van der Waals surface area contributed by atoms with Crippen LogP contribution in [0.4, 0.5) is 0 Å². The smallest absolute Gasteiger partial charge is 0.0389 e. The van der Waals surface area contributed by atoms with Crippen LogP contribution in [0.25, 0.3) is 0 Å². The predicted molar refractivity (Wildman–Crippen MR) is 93.2 cm³/mol. The highest BCUT2D eigenvalue weighted by Crippen LogP contribution is 2.24. The van der Waals surface area contributed by atoms with E-state index >= 15 is 0 Å². The lowest BCUT2D eigenvalue weighted by atomic mass is 10.0. The summed E-state index contributed by atoms with van der Waals surface area (Å²) in [6.07, 6.45) is 0. The molecule has 0 bridgehead atoms. The molecule has 1 aromatic heterocycles. The van der Waals surface area contributed by atoms with Crippen molar-refractivity contribution in [2.45, 2.75) is 39.8 Å². The molecule has 2 unspecified atom stereocenters. The summed E-state index contributed by atoms with van der Waals surface area (Å²) in [5.41, 5.74) is 1.42. The van der Waals surface area contributed by atoms with Gasteiger partial charge >= 0.3 is 0 Å². The molecule has 1 aromatic rings. The third-order valence-corrected chi connectivity index (χ3v) is 5.91. The van der Waals surface area contributed by atoms with Crippen LogP contribution in [0.15, 0.2) is 11.4 Å². The molecular weight excluding hydrogens is 278 g/mol. The fourth-order valence-electron chi connectivity index (χ4n) is 3.16. The maximum atomic E-state index is 3.77. The van der Waals surface area contributed by atoms with E-state index in [0.29, 0.717) is 18.0 Å². The molecule has 1 aliphatic heterocycles. The van der Waals surface area contributed by atoms with Gasteiger partial charge in [-0.05, 0) is 43.8 Å². The van der Waals surface area contributed by atoms with Gasteiger partial charge in [0.05, 0.1) is 0 Å². The molecule has 4 heteroatoms. The number of rotatable bonds is 6. The van der Waals surface area contributed by atoms with Gasteiger partial charge in [-0.1, -0.05) is 13.8 Å². The number of hydrogen-bond acceptors (Lipinski definition) is 4. The molecule has 0 amide bonds. The number of aryl methyl sites for hydroxylation is 1. The van der Waals surface area contributed by atoms with Crippen molar-refractivity contribution in [3.63, 3.8) is 0 Å². The van der Waals surface area contributed by atoms with Crippen LogP contribution in [0.3, 0.4) is 0 Å². The Labute approximate surface area is 134 Å². The van der Waals surface area contributed by atoms with E-state index < -0.39 is 0 Å². The minimum atomic E-state index is 0.457. The number of nitrogens with one attached hydrogen (secondary N) is 1. The first-order valence-electron chi connectivity index (χ1n) is 8.19.